The van der Waals surface area contributed by atoms with Gasteiger partial charge in [-0.05, 0) is 25.7 Å². The first-order valence-corrected chi connectivity index (χ1v) is 8.95. The average molecular weight is 320 g/mol. The highest BCUT2D eigenvalue weighted by atomic mass is 32.2. The molecule has 0 aromatic carbocycles. The predicted molar refractivity (Wildman–Crippen MR) is 77.1 cm³/mol. The van der Waals surface area contributed by atoms with Crippen molar-refractivity contribution in [2.75, 3.05) is 13.6 Å². The minimum Gasteiger partial charge on any atom is -0.479 e. The number of nitrogens with one attached hydrogen (secondary N) is 1. The first kappa shape index (κ1) is 16.7. The third kappa shape index (κ3) is 4.38. The van der Waals surface area contributed by atoms with Gasteiger partial charge in [-0.3, -0.25) is 0 Å². The zero-order chi connectivity index (χ0) is 15.5. The number of hydrogen-bond donors (Lipinski definition) is 2. The van der Waals surface area contributed by atoms with Gasteiger partial charge in [-0.1, -0.05) is 19.3 Å². The van der Waals surface area contributed by atoms with E-state index in [4.69, 9.17) is 9.84 Å². The van der Waals surface area contributed by atoms with Gasteiger partial charge in [0.25, 0.3) is 10.2 Å². The monoisotopic (exact) mass is 320 g/mol. The molecule has 1 aliphatic heterocycles. The van der Waals surface area contributed by atoms with Gasteiger partial charge in [-0.15, -0.1) is 0 Å². The molecule has 0 amide bonds. The summed E-state index contributed by atoms with van der Waals surface area (Å²) in [6, 6.07) is 0.0625. The number of carboxylic acid groups (broad SMARTS) is 1. The summed E-state index contributed by atoms with van der Waals surface area (Å²) >= 11 is 0. The molecule has 2 rings (SSSR count). The van der Waals surface area contributed by atoms with Crippen LogP contribution < -0.4 is 4.72 Å². The van der Waals surface area contributed by atoms with Crippen molar-refractivity contribution >= 4 is 16.2 Å². The van der Waals surface area contributed by atoms with Crippen molar-refractivity contribution in [2.45, 2.75) is 63.2 Å². The van der Waals surface area contributed by atoms with Gasteiger partial charge < -0.3 is 9.84 Å². The molecule has 0 aromatic rings. The van der Waals surface area contributed by atoms with Crippen LogP contribution in [0, 0.1) is 0 Å². The number of hydrogen-bond acceptors (Lipinski definition) is 4. The highest BCUT2D eigenvalue weighted by Crippen LogP contribution is 2.23. The molecule has 0 spiro atoms. The zero-order valence-corrected chi connectivity index (χ0v) is 13.1. The summed E-state index contributed by atoms with van der Waals surface area (Å²) in [6.07, 6.45) is 4.93. The fourth-order valence-corrected chi connectivity index (χ4v) is 4.18. The third-order valence-electron chi connectivity index (χ3n) is 4.34. The summed E-state index contributed by atoms with van der Waals surface area (Å²) in [7, 11) is -1.92. The number of aliphatic carboxylic acids is 1. The second kappa shape index (κ2) is 7.04. The topological polar surface area (TPSA) is 95.9 Å². The van der Waals surface area contributed by atoms with Crippen molar-refractivity contribution in [1.82, 2.24) is 9.03 Å². The van der Waals surface area contributed by atoms with E-state index in [-0.39, 0.29) is 18.7 Å². The molecule has 122 valence electrons. The van der Waals surface area contributed by atoms with Gasteiger partial charge in [0, 0.05) is 19.6 Å². The second-order valence-corrected chi connectivity index (χ2v) is 7.64. The fraction of sp³-hybridized carbons (Fsp3) is 0.923. The lowest BCUT2D eigenvalue weighted by Gasteiger charge is -2.30. The summed E-state index contributed by atoms with van der Waals surface area (Å²) in [5, 5.41) is 8.85. The summed E-state index contributed by atoms with van der Waals surface area (Å²) in [6.45, 7) is 0.128. The van der Waals surface area contributed by atoms with E-state index < -0.39 is 22.3 Å². The average Bonchev–Trinajstić information content (AvgIpc) is 2.94. The number of nitrogens with zero attached hydrogens (tertiary/aromatic N) is 1. The molecular weight excluding hydrogens is 296 g/mol. The minimum atomic E-state index is -3.53. The van der Waals surface area contributed by atoms with Crippen LogP contribution in [0.3, 0.4) is 0 Å². The highest BCUT2D eigenvalue weighted by molar-refractivity contribution is 7.87. The maximum atomic E-state index is 12.2. The molecule has 2 N–H and O–H groups in total. The Hall–Kier alpha value is -0.700. The van der Waals surface area contributed by atoms with E-state index in [0.717, 1.165) is 25.7 Å². The Morgan fingerprint density at radius 2 is 1.90 bits per heavy atom. The Balaban J connectivity index is 1.82. The summed E-state index contributed by atoms with van der Waals surface area (Å²) in [5.41, 5.74) is 0. The van der Waals surface area contributed by atoms with Crippen molar-refractivity contribution in [1.29, 1.82) is 0 Å². The Labute approximate surface area is 125 Å². The van der Waals surface area contributed by atoms with E-state index in [2.05, 4.69) is 4.72 Å². The first-order chi connectivity index (χ1) is 9.90. The maximum Gasteiger partial charge on any atom is 0.332 e. The Morgan fingerprint density at radius 3 is 2.48 bits per heavy atom. The lowest BCUT2D eigenvalue weighted by Crippen LogP contribution is -2.46. The molecule has 1 aliphatic carbocycles. The molecule has 1 heterocycles. The smallest absolute Gasteiger partial charge is 0.332 e. The largest absolute Gasteiger partial charge is 0.479 e. The quantitative estimate of drug-likeness (QED) is 0.752. The van der Waals surface area contributed by atoms with Crippen LogP contribution in [0.4, 0.5) is 0 Å². The molecule has 7 nitrogen and oxygen atoms in total. The van der Waals surface area contributed by atoms with Gasteiger partial charge in [0.1, 0.15) is 0 Å². The summed E-state index contributed by atoms with van der Waals surface area (Å²) < 4.78 is 33.7. The molecule has 1 saturated heterocycles. The van der Waals surface area contributed by atoms with Gasteiger partial charge in [0.2, 0.25) is 0 Å². The fourth-order valence-electron chi connectivity index (χ4n) is 2.98. The van der Waals surface area contributed by atoms with Crippen LogP contribution in [0.15, 0.2) is 0 Å². The Bertz CT molecular complexity index is 461. The van der Waals surface area contributed by atoms with E-state index in [0.29, 0.717) is 12.8 Å². The van der Waals surface area contributed by atoms with E-state index in [1.54, 1.807) is 7.05 Å². The van der Waals surface area contributed by atoms with Gasteiger partial charge in [-0.25, -0.2) is 4.79 Å². The molecule has 2 aliphatic rings. The number of ether oxygens (including phenoxy) is 1. The maximum absolute atomic E-state index is 12.2. The van der Waals surface area contributed by atoms with Gasteiger partial charge in [0.15, 0.2) is 6.10 Å². The van der Waals surface area contributed by atoms with Crippen LogP contribution in [0.5, 0.6) is 0 Å². The zero-order valence-electron chi connectivity index (χ0n) is 12.3. The Morgan fingerprint density at radius 1 is 1.24 bits per heavy atom. The standard InChI is InChI=1S/C13H24N2O5S/c1-15(10-5-3-2-4-6-10)21(18,19)14-9-11-7-8-12(20-11)13(16)17/h10-12,14H,2-9H2,1H3,(H,16,17). The Kier molecular flexibility index (Phi) is 5.59. The molecule has 21 heavy (non-hydrogen) atoms. The third-order valence-corrected chi connectivity index (χ3v) is 5.93. The van der Waals surface area contributed by atoms with Crippen molar-refractivity contribution in [2.24, 2.45) is 0 Å². The highest BCUT2D eigenvalue weighted by Gasteiger charge is 2.32. The van der Waals surface area contributed by atoms with E-state index in [9.17, 15) is 13.2 Å². The van der Waals surface area contributed by atoms with Crippen molar-refractivity contribution in [3.8, 4) is 0 Å². The lowest BCUT2D eigenvalue weighted by atomic mass is 9.96. The second-order valence-electron chi connectivity index (χ2n) is 5.82. The molecule has 0 radical (unpaired) electrons. The molecule has 2 unspecified atom stereocenters. The van der Waals surface area contributed by atoms with Crippen molar-refractivity contribution < 1.29 is 23.1 Å². The molecular formula is C13H24N2O5S. The van der Waals surface area contributed by atoms with Crippen molar-refractivity contribution in [3.63, 3.8) is 0 Å². The summed E-state index contributed by atoms with van der Waals surface area (Å²) in [4.78, 5) is 10.8. The van der Waals surface area contributed by atoms with Crippen LogP contribution >= 0.6 is 0 Å². The predicted octanol–water partition coefficient (Wildman–Crippen LogP) is 0.718. The van der Waals surface area contributed by atoms with E-state index >= 15 is 0 Å². The van der Waals surface area contributed by atoms with Gasteiger partial charge in [-0.2, -0.15) is 17.4 Å². The normalized spacial score (nSPS) is 28.1. The number of carbonyl (C=O) groups is 1. The molecule has 2 atom stereocenters. The lowest BCUT2D eigenvalue weighted by molar-refractivity contribution is -0.149. The first-order valence-electron chi connectivity index (χ1n) is 7.51. The minimum absolute atomic E-state index is 0.0625. The van der Waals surface area contributed by atoms with Crippen LogP contribution in [0.1, 0.15) is 44.9 Å². The molecule has 8 heteroatoms. The molecule has 0 bridgehead atoms. The van der Waals surface area contributed by atoms with Gasteiger partial charge in [0.05, 0.1) is 6.10 Å². The van der Waals surface area contributed by atoms with Crippen LogP contribution in [-0.2, 0) is 19.7 Å². The molecule has 0 aromatic heterocycles. The molecule has 1 saturated carbocycles. The van der Waals surface area contributed by atoms with Crippen LogP contribution in [0.25, 0.3) is 0 Å². The van der Waals surface area contributed by atoms with E-state index in [1.807, 2.05) is 0 Å². The number of rotatable bonds is 6. The van der Waals surface area contributed by atoms with Crippen LogP contribution in [-0.4, -0.2) is 55.6 Å². The van der Waals surface area contributed by atoms with E-state index in [1.165, 1.54) is 10.7 Å². The summed E-state index contributed by atoms with van der Waals surface area (Å²) in [5.74, 6) is -0.986. The van der Waals surface area contributed by atoms with Gasteiger partial charge >= 0.3 is 5.97 Å². The SMILES string of the molecule is CN(C1CCCCC1)S(=O)(=O)NCC1CCC(C(=O)O)O1. The van der Waals surface area contributed by atoms with Crippen molar-refractivity contribution in [3.05, 3.63) is 0 Å². The van der Waals surface area contributed by atoms with Crippen LogP contribution in [0.2, 0.25) is 0 Å². The molecule has 2 fully saturated rings. The number of carboxylic acids is 1.